The molecule has 2 unspecified atom stereocenters. The van der Waals surface area contributed by atoms with Gasteiger partial charge < -0.3 is 10.1 Å². The average Bonchev–Trinajstić information content (AvgIpc) is 3.10. The number of hydrogen-bond acceptors (Lipinski definition) is 2. The van der Waals surface area contributed by atoms with Crippen LogP contribution < -0.4 is 5.32 Å². The number of nitrogens with one attached hydrogen (secondary N) is 1. The summed E-state index contributed by atoms with van der Waals surface area (Å²) in [7, 11) is 0. The van der Waals surface area contributed by atoms with Crippen molar-refractivity contribution in [3.05, 3.63) is 0 Å². The highest BCUT2D eigenvalue weighted by Gasteiger charge is 2.29. The Hall–Kier alpha value is -0.0800. The molecule has 2 rings (SSSR count). The van der Waals surface area contributed by atoms with Crippen LogP contribution in [0.1, 0.15) is 51.9 Å². The lowest BCUT2D eigenvalue weighted by Gasteiger charge is -2.24. The molecule has 1 saturated carbocycles. The standard InChI is InChI=1S/C13H25NO/c1-2-13(11-6-7-11)14-9-8-12-5-3-4-10-15-12/h11-14H,2-10H2,1H3. The van der Waals surface area contributed by atoms with Crippen molar-refractivity contribution in [3.63, 3.8) is 0 Å². The first-order chi connectivity index (χ1) is 7.40. The van der Waals surface area contributed by atoms with Crippen LogP contribution >= 0.6 is 0 Å². The van der Waals surface area contributed by atoms with Gasteiger partial charge in [0, 0.05) is 12.6 Å². The second kappa shape index (κ2) is 5.86. The molecule has 15 heavy (non-hydrogen) atoms. The summed E-state index contributed by atoms with van der Waals surface area (Å²) in [5, 5.41) is 3.70. The van der Waals surface area contributed by atoms with Gasteiger partial charge in [0.15, 0.2) is 0 Å². The lowest BCUT2D eigenvalue weighted by atomic mass is 10.1. The Morgan fingerprint density at radius 1 is 1.27 bits per heavy atom. The van der Waals surface area contributed by atoms with Crippen molar-refractivity contribution in [2.75, 3.05) is 13.2 Å². The van der Waals surface area contributed by atoms with Gasteiger partial charge in [0.25, 0.3) is 0 Å². The van der Waals surface area contributed by atoms with E-state index in [1.807, 2.05) is 0 Å². The molecule has 2 fully saturated rings. The second-order valence-corrected chi connectivity index (χ2v) is 5.08. The molecule has 0 radical (unpaired) electrons. The van der Waals surface area contributed by atoms with E-state index in [0.717, 1.165) is 25.1 Å². The van der Waals surface area contributed by atoms with Crippen LogP contribution in [0, 0.1) is 5.92 Å². The van der Waals surface area contributed by atoms with Crippen molar-refractivity contribution in [3.8, 4) is 0 Å². The largest absolute Gasteiger partial charge is 0.378 e. The highest BCUT2D eigenvalue weighted by atomic mass is 16.5. The number of hydrogen-bond donors (Lipinski definition) is 1. The molecule has 2 heteroatoms. The van der Waals surface area contributed by atoms with Crippen LogP contribution in [0.4, 0.5) is 0 Å². The summed E-state index contributed by atoms with van der Waals surface area (Å²) >= 11 is 0. The molecule has 1 saturated heterocycles. The summed E-state index contributed by atoms with van der Waals surface area (Å²) in [5.41, 5.74) is 0. The third-order valence-corrected chi connectivity index (χ3v) is 3.78. The van der Waals surface area contributed by atoms with Gasteiger partial charge in [-0.25, -0.2) is 0 Å². The smallest absolute Gasteiger partial charge is 0.0587 e. The lowest BCUT2D eigenvalue weighted by molar-refractivity contribution is 0.0111. The van der Waals surface area contributed by atoms with E-state index >= 15 is 0 Å². The predicted octanol–water partition coefficient (Wildman–Crippen LogP) is 2.72. The Labute approximate surface area is 93.8 Å². The first-order valence-electron chi connectivity index (χ1n) is 6.75. The minimum Gasteiger partial charge on any atom is -0.378 e. The first kappa shape index (κ1) is 11.4. The van der Waals surface area contributed by atoms with E-state index in [4.69, 9.17) is 4.74 Å². The molecule has 2 atom stereocenters. The molecule has 88 valence electrons. The maximum absolute atomic E-state index is 5.73. The summed E-state index contributed by atoms with van der Waals surface area (Å²) in [6.07, 6.45) is 9.86. The van der Waals surface area contributed by atoms with E-state index in [1.165, 1.54) is 44.9 Å². The molecule has 0 spiro atoms. The molecule has 0 aromatic heterocycles. The van der Waals surface area contributed by atoms with Crippen molar-refractivity contribution in [2.24, 2.45) is 5.92 Å². The van der Waals surface area contributed by atoms with E-state index in [9.17, 15) is 0 Å². The van der Waals surface area contributed by atoms with E-state index in [-0.39, 0.29) is 0 Å². The van der Waals surface area contributed by atoms with Gasteiger partial charge in [-0.2, -0.15) is 0 Å². The fourth-order valence-corrected chi connectivity index (χ4v) is 2.61. The zero-order valence-electron chi connectivity index (χ0n) is 10.0. The fourth-order valence-electron chi connectivity index (χ4n) is 2.61. The molecule has 2 nitrogen and oxygen atoms in total. The van der Waals surface area contributed by atoms with Gasteiger partial charge in [-0.3, -0.25) is 0 Å². The molecule has 1 aliphatic carbocycles. The Morgan fingerprint density at radius 2 is 2.13 bits per heavy atom. The van der Waals surface area contributed by atoms with E-state index in [1.54, 1.807) is 0 Å². The molecule has 1 heterocycles. The first-order valence-corrected chi connectivity index (χ1v) is 6.75. The van der Waals surface area contributed by atoms with Gasteiger partial charge in [-0.15, -0.1) is 0 Å². The van der Waals surface area contributed by atoms with E-state index in [0.29, 0.717) is 6.10 Å². The molecule has 0 aromatic rings. The zero-order valence-corrected chi connectivity index (χ0v) is 10.0. The predicted molar refractivity (Wildman–Crippen MR) is 63.0 cm³/mol. The topological polar surface area (TPSA) is 21.3 Å². The summed E-state index contributed by atoms with van der Waals surface area (Å²) in [5.74, 6) is 0.988. The second-order valence-electron chi connectivity index (χ2n) is 5.08. The lowest BCUT2D eigenvalue weighted by Crippen LogP contribution is -2.33. The van der Waals surface area contributed by atoms with Crippen LogP contribution in [0.3, 0.4) is 0 Å². The van der Waals surface area contributed by atoms with Gasteiger partial charge in [0.05, 0.1) is 6.10 Å². The van der Waals surface area contributed by atoms with E-state index in [2.05, 4.69) is 12.2 Å². The van der Waals surface area contributed by atoms with Crippen molar-refractivity contribution in [1.82, 2.24) is 5.32 Å². The normalized spacial score (nSPS) is 29.0. The highest BCUT2D eigenvalue weighted by Crippen LogP contribution is 2.33. The zero-order chi connectivity index (χ0) is 10.5. The molecule has 0 amide bonds. The van der Waals surface area contributed by atoms with Crippen molar-refractivity contribution in [1.29, 1.82) is 0 Å². The summed E-state index contributed by atoms with van der Waals surface area (Å²) in [6, 6.07) is 0.786. The quantitative estimate of drug-likeness (QED) is 0.729. The van der Waals surface area contributed by atoms with Crippen LogP contribution in [0.5, 0.6) is 0 Å². The van der Waals surface area contributed by atoms with Crippen molar-refractivity contribution < 1.29 is 4.74 Å². The summed E-state index contributed by atoms with van der Waals surface area (Å²) in [6.45, 7) is 4.44. The van der Waals surface area contributed by atoms with Gasteiger partial charge in [-0.1, -0.05) is 6.92 Å². The minimum atomic E-state index is 0.544. The van der Waals surface area contributed by atoms with Crippen molar-refractivity contribution in [2.45, 2.75) is 64.0 Å². The highest BCUT2D eigenvalue weighted by molar-refractivity contribution is 4.85. The maximum Gasteiger partial charge on any atom is 0.0587 e. The molecule has 1 aliphatic heterocycles. The van der Waals surface area contributed by atoms with Crippen LogP contribution in [0.15, 0.2) is 0 Å². The fraction of sp³-hybridized carbons (Fsp3) is 1.00. The molecule has 1 N–H and O–H groups in total. The average molecular weight is 211 g/mol. The molecular formula is C13H25NO. The Bertz CT molecular complexity index is 173. The monoisotopic (exact) mass is 211 g/mol. The van der Waals surface area contributed by atoms with E-state index < -0.39 is 0 Å². The Balaban J connectivity index is 1.56. The van der Waals surface area contributed by atoms with Crippen LogP contribution in [0.2, 0.25) is 0 Å². The Morgan fingerprint density at radius 3 is 2.73 bits per heavy atom. The van der Waals surface area contributed by atoms with Crippen LogP contribution in [-0.2, 0) is 4.74 Å². The van der Waals surface area contributed by atoms with Crippen LogP contribution in [-0.4, -0.2) is 25.3 Å². The van der Waals surface area contributed by atoms with Gasteiger partial charge in [0.1, 0.15) is 0 Å². The molecule has 0 bridgehead atoms. The number of rotatable bonds is 6. The van der Waals surface area contributed by atoms with Gasteiger partial charge in [0.2, 0.25) is 0 Å². The molecular weight excluding hydrogens is 186 g/mol. The van der Waals surface area contributed by atoms with Gasteiger partial charge in [-0.05, 0) is 57.4 Å². The number of ether oxygens (including phenoxy) is 1. The molecule has 2 aliphatic rings. The third kappa shape index (κ3) is 3.76. The minimum absolute atomic E-state index is 0.544. The van der Waals surface area contributed by atoms with Gasteiger partial charge >= 0.3 is 0 Å². The maximum atomic E-state index is 5.73. The van der Waals surface area contributed by atoms with Crippen LogP contribution in [0.25, 0.3) is 0 Å². The summed E-state index contributed by atoms with van der Waals surface area (Å²) < 4.78 is 5.73. The Kier molecular flexibility index (Phi) is 4.45. The van der Waals surface area contributed by atoms with Crippen molar-refractivity contribution >= 4 is 0 Å². The molecule has 0 aromatic carbocycles. The third-order valence-electron chi connectivity index (χ3n) is 3.78. The summed E-state index contributed by atoms with van der Waals surface area (Å²) in [4.78, 5) is 0. The SMILES string of the molecule is CCC(NCCC1CCCCO1)C1CC1.